The summed E-state index contributed by atoms with van der Waals surface area (Å²) in [5.74, 6) is -0.649. The Kier molecular flexibility index (Phi) is 6.58. The van der Waals surface area contributed by atoms with Crippen LogP contribution in [0.5, 0.6) is 0 Å². The smallest absolute Gasteiger partial charge is 0.255 e. The van der Waals surface area contributed by atoms with Crippen molar-refractivity contribution in [2.24, 2.45) is 5.92 Å². The van der Waals surface area contributed by atoms with Crippen LogP contribution >= 0.6 is 0 Å². The molecular weight excluding hydrogens is 444 g/mol. The first-order chi connectivity index (χ1) is 15.7. The van der Waals surface area contributed by atoms with Crippen LogP contribution in [-0.2, 0) is 14.8 Å². The van der Waals surface area contributed by atoms with Crippen molar-refractivity contribution in [1.29, 1.82) is 0 Å². The SMILES string of the molecule is Cc1cccc(C(=O)N2CCCC2)c1NC(=O)C1CCCN(S(=O)(=O)c2c(C)noc2C)C1. The molecule has 1 unspecified atom stereocenters. The first-order valence-corrected chi connectivity index (χ1v) is 12.8. The quantitative estimate of drug-likeness (QED) is 0.713. The number of hydrogen-bond donors (Lipinski definition) is 1. The van der Waals surface area contributed by atoms with E-state index in [2.05, 4.69) is 10.5 Å². The fourth-order valence-corrected chi connectivity index (χ4v) is 6.49. The number of rotatable bonds is 5. The van der Waals surface area contributed by atoms with Crippen LogP contribution < -0.4 is 5.32 Å². The number of likely N-dealkylation sites (tertiary alicyclic amines) is 1. The summed E-state index contributed by atoms with van der Waals surface area (Å²) in [6, 6.07) is 5.40. The van der Waals surface area contributed by atoms with Crippen LogP contribution in [0.4, 0.5) is 5.69 Å². The van der Waals surface area contributed by atoms with Crippen molar-refractivity contribution in [3.63, 3.8) is 0 Å². The van der Waals surface area contributed by atoms with E-state index < -0.39 is 15.9 Å². The second-order valence-corrected chi connectivity index (χ2v) is 10.7. The number of nitrogens with one attached hydrogen (secondary N) is 1. The minimum absolute atomic E-state index is 0.0690. The number of para-hydroxylation sites is 1. The largest absolute Gasteiger partial charge is 0.360 e. The number of hydrogen-bond acceptors (Lipinski definition) is 6. The van der Waals surface area contributed by atoms with E-state index in [4.69, 9.17) is 4.52 Å². The Morgan fingerprint density at radius 2 is 1.82 bits per heavy atom. The number of anilines is 1. The highest BCUT2D eigenvalue weighted by Gasteiger charge is 2.37. The molecule has 2 amide bonds. The van der Waals surface area contributed by atoms with E-state index in [1.807, 2.05) is 24.0 Å². The standard InChI is InChI=1S/C23H30N4O5S/c1-15-8-6-10-19(23(29)26-11-4-5-12-26)20(15)24-22(28)18-9-7-13-27(14-18)33(30,31)21-16(2)25-32-17(21)3/h6,8,10,18H,4-5,7,9,11-14H2,1-3H3,(H,24,28). The van der Waals surface area contributed by atoms with Crippen molar-refractivity contribution >= 4 is 27.5 Å². The maximum atomic E-state index is 13.2. The summed E-state index contributed by atoms with van der Waals surface area (Å²) in [5, 5.41) is 6.70. The highest BCUT2D eigenvalue weighted by molar-refractivity contribution is 7.89. The third-order valence-electron chi connectivity index (χ3n) is 6.47. The molecule has 4 rings (SSSR count). The van der Waals surface area contributed by atoms with E-state index in [9.17, 15) is 18.0 Å². The minimum Gasteiger partial charge on any atom is -0.360 e. The summed E-state index contributed by atoms with van der Waals surface area (Å²) >= 11 is 0. The highest BCUT2D eigenvalue weighted by Crippen LogP contribution is 2.30. The molecule has 2 fully saturated rings. The topological polar surface area (TPSA) is 113 Å². The van der Waals surface area contributed by atoms with Crippen LogP contribution in [0.2, 0.25) is 0 Å². The predicted molar refractivity (Wildman–Crippen MR) is 122 cm³/mol. The van der Waals surface area contributed by atoms with Gasteiger partial charge >= 0.3 is 0 Å². The summed E-state index contributed by atoms with van der Waals surface area (Å²) in [5.41, 5.74) is 2.08. The molecule has 1 atom stereocenters. The van der Waals surface area contributed by atoms with Gasteiger partial charge in [-0.25, -0.2) is 8.42 Å². The zero-order chi connectivity index (χ0) is 23.8. The average Bonchev–Trinajstić information content (AvgIpc) is 3.44. The molecule has 3 heterocycles. The van der Waals surface area contributed by atoms with Gasteiger partial charge in [-0.1, -0.05) is 17.3 Å². The van der Waals surface area contributed by atoms with Gasteiger partial charge in [0, 0.05) is 26.2 Å². The van der Waals surface area contributed by atoms with Gasteiger partial charge in [-0.05, 0) is 58.1 Å². The van der Waals surface area contributed by atoms with Crippen LogP contribution in [0, 0.1) is 26.7 Å². The van der Waals surface area contributed by atoms with Crippen LogP contribution in [0.15, 0.2) is 27.6 Å². The lowest BCUT2D eigenvalue weighted by Crippen LogP contribution is -2.44. The van der Waals surface area contributed by atoms with E-state index in [-0.39, 0.29) is 29.0 Å². The molecular formula is C23H30N4O5S. The molecule has 0 radical (unpaired) electrons. The number of nitrogens with zero attached hydrogens (tertiary/aromatic N) is 3. The third kappa shape index (κ3) is 4.54. The molecule has 2 aromatic rings. The van der Waals surface area contributed by atoms with Gasteiger partial charge in [-0.2, -0.15) is 4.31 Å². The first kappa shape index (κ1) is 23.4. The molecule has 2 aliphatic heterocycles. The Balaban J connectivity index is 1.53. The fraction of sp³-hybridized carbons (Fsp3) is 0.522. The number of amides is 2. The molecule has 0 aliphatic carbocycles. The number of carbonyl (C=O) groups is 2. The molecule has 1 aromatic heterocycles. The Morgan fingerprint density at radius 3 is 2.48 bits per heavy atom. The molecule has 2 aliphatic rings. The van der Waals surface area contributed by atoms with E-state index in [0.29, 0.717) is 36.3 Å². The van der Waals surface area contributed by atoms with Crippen molar-refractivity contribution in [3.8, 4) is 0 Å². The molecule has 0 bridgehead atoms. The Labute approximate surface area is 194 Å². The maximum Gasteiger partial charge on any atom is 0.255 e. The van der Waals surface area contributed by atoms with Crippen LogP contribution in [-0.4, -0.2) is 60.8 Å². The second-order valence-electron chi connectivity index (χ2n) is 8.84. The number of benzene rings is 1. The monoisotopic (exact) mass is 474 g/mol. The maximum absolute atomic E-state index is 13.2. The van der Waals surface area contributed by atoms with Gasteiger partial charge in [0.2, 0.25) is 15.9 Å². The fourth-order valence-electron chi connectivity index (χ4n) is 4.67. The highest BCUT2D eigenvalue weighted by atomic mass is 32.2. The predicted octanol–water partition coefficient (Wildman–Crippen LogP) is 2.88. The Morgan fingerprint density at radius 1 is 1.09 bits per heavy atom. The van der Waals surface area contributed by atoms with Gasteiger partial charge in [-0.15, -0.1) is 0 Å². The number of aryl methyl sites for hydroxylation is 3. The van der Waals surface area contributed by atoms with Gasteiger partial charge in [0.1, 0.15) is 10.6 Å². The van der Waals surface area contributed by atoms with Crippen molar-refractivity contribution in [1.82, 2.24) is 14.4 Å². The second kappa shape index (κ2) is 9.26. The normalized spacial score (nSPS) is 19.6. The summed E-state index contributed by atoms with van der Waals surface area (Å²) in [4.78, 5) is 28.1. The molecule has 2 saturated heterocycles. The summed E-state index contributed by atoms with van der Waals surface area (Å²) in [7, 11) is -3.82. The lowest BCUT2D eigenvalue weighted by molar-refractivity contribution is -0.120. The van der Waals surface area contributed by atoms with Gasteiger partial charge < -0.3 is 14.7 Å². The third-order valence-corrected chi connectivity index (χ3v) is 8.58. The molecule has 178 valence electrons. The first-order valence-electron chi connectivity index (χ1n) is 11.3. The van der Waals surface area contributed by atoms with Gasteiger partial charge in [0.15, 0.2) is 5.76 Å². The molecule has 9 nitrogen and oxygen atoms in total. The van der Waals surface area contributed by atoms with Gasteiger partial charge in [0.05, 0.1) is 17.2 Å². The number of piperidine rings is 1. The van der Waals surface area contributed by atoms with Crippen LogP contribution in [0.25, 0.3) is 0 Å². The lowest BCUT2D eigenvalue weighted by atomic mass is 9.98. The van der Waals surface area contributed by atoms with E-state index in [1.54, 1.807) is 19.9 Å². The van der Waals surface area contributed by atoms with Crippen LogP contribution in [0.3, 0.4) is 0 Å². The average molecular weight is 475 g/mol. The van der Waals surface area contributed by atoms with E-state index in [1.165, 1.54) is 4.31 Å². The lowest BCUT2D eigenvalue weighted by Gasteiger charge is -2.31. The number of sulfonamides is 1. The van der Waals surface area contributed by atoms with Gasteiger partial charge in [-0.3, -0.25) is 9.59 Å². The Bertz CT molecular complexity index is 1150. The zero-order valence-electron chi connectivity index (χ0n) is 19.3. The summed E-state index contributed by atoms with van der Waals surface area (Å²) in [6.45, 7) is 6.85. The van der Waals surface area contributed by atoms with Crippen molar-refractivity contribution in [3.05, 3.63) is 40.8 Å². The van der Waals surface area contributed by atoms with Crippen molar-refractivity contribution in [2.75, 3.05) is 31.5 Å². The Hall–Kier alpha value is -2.72. The molecule has 10 heteroatoms. The zero-order valence-corrected chi connectivity index (χ0v) is 20.1. The van der Waals surface area contributed by atoms with E-state index >= 15 is 0 Å². The minimum atomic E-state index is -3.82. The number of aromatic nitrogens is 1. The number of carbonyl (C=O) groups excluding carboxylic acids is 2. The molecule has 0 saturated carbocycles. The molecule has 0 spiro atoms. The van der Waals surface area contributed by atoms with E-state index in [0.717, 1.165) is 31.5 Å². The van der Waals surface area contributed by atoms with Crippen molar-refractivity contribution in [2.45, 2.75) is 51.3 Å². The summed E-state index contributed by atoms with van der Waals surface area (Å²) in [6.07, 6.45) is 3.10. The van der Waals surface area contributed by atoms with Crippen LogP contribution in [0.1, 0.15) is 53.1 Å². The van der Waals surface area contributed by atoms with Gasteiger partial charge in [0.25, 0.3) is 5.91 Å². The molecule has 33 heavy (non-hydrogen) atoms. The summed E-state index contributed by atoms with van der Waals surface area (Å²) < 4.78 is 32.8. The molecule has 1 N–H and O–H groups in total. The molecule has 1 aromatic carbocycles. The van der Waals surface area contributed by atoms with Crippen molar-refractivity contribution < 1.29 is 22.5 Å².